The van der Waals surface area contributed by atoms with E-state index in [1.165, 1.54) is 0 Å². The first-order chi connectivity index (χ1) is 8.47. The summed E-state index contributed by atoms with van der Waals surface area (Å²) in [5, 5.41) is 0.762. The van der Waals surface area contributed by atoms with Crippen molar-refractivity contribution in [2.75, 3.05) is 0 Å². The van der Waals surface area contributed by atoms with Gasteiger partial charge in [0, 0.05) is 16.7 Å². The number of halogens is 5. The molecular formula is C12H3Cl5O. The number of fused-ring (bicyclic) bond motifs is 5. The lowest BCUT2D eigenvalue weighted by atomic mass is 9.75. The molecule has 0 amide bonds. The van der Waals surface area contributed by atoms with Crippen LogP contribution in [0.4, 0.5) is 0 Å². The number of ether oxygens (including phenoxy) is 1. The van der Waals surface area contributed by atoms with E-state index in [9.17, 15) is 0 Å². The van der Waals surface area contributed by atoms with Crippen molar-refractivity contribution in [2.24, 2.45) is 0 Å². The Morgan fingerprint density at radius 1 is 1.11 bits per heavy atom. The first kappa shape index (κ1) is 11.9. The van der Waals surface area contributed by atoms with Crippen LogP contribution in [0, 0.1) is 0 Å². The number of hydrogen-bond donors (Lipinski definition) is 0. The van der Waals surface area contributed by atoms with E-state index >= 15 is 0 Å². The van der Waals surface area contributed by atoms with Crippen molar-refractivity contribution in [2.45, 2.75) is 11.2 Å². The molecule has 2 aliphatic carbocycles. The van der Waals surface area contributed by atoms with Crippen molar-refractivity contribution in [3.05, 3.63) is 43.4 Å². The summed E-state index contributed by atoms with van der Waals surface area (Å²) in [6.45, 7) is 0. The van der Waals surface area contributed by atoms with E-state index in [0.29, 0.717) is 20.1 Å². The summed E-state index contributed by atoms with van der Waals surface area (Å²) in [4.78, 5) is 0. The Hall–Kier alpha value is 0.110. The molecule has 1 nitrogen and oxygen atoms in total. The third-order valence-electron chi connectivity index (χ3n) is 3.45. The normalized spacial score (nSPS) is 31.7. The van der Waals surface area contributed by atoms with Gasteiger partial charge in [-0.2, -0.15) is 0 Å². The van der Waals surface area contributed by atoms with E-state index in [4.69, 9.17) is 62.7 Å². The standard InChI is InChI=1S/C12H3Cl5O/c13-4-2-1-3-5(8(4)14)7-6(3)9(15)10(16)12(17)11(7)18-12/h1-2,11H. The molecule has 1 heterocycles. The van der Waals surface area contributed by atoms with Crippen LogP contribution in [0.25, 0.3) is 11.1 Å². The van der Waals surface area contributed by atoms with Gasteiger partial charge in [0.25, 0.3) is 0 Å². The lowest BCUT2D eigenvalue weighted by Crippen LogP contribution is -2.22. The highest BCUT2D eigenvalue weighted by atomic mass is 35.5. The highest BCUT2D eigenvalue weighted by Gasteiger charge is 2.66. The third-order valence-corrected chi connectivity index (χ3v) is 5.77. The van der Waals surface area contributed by atoms with Crippen LogP contribution < -0.4 is 0 Å². The van der Waals surface area contributed by atoms with Crippen LogP contribution in [-0.4, -0.2) is 11.2 Å². The van der Waals surface area contributed by atoms with Gasteiger partial charge in [-0.15, -0.1) is 0 Å². The molecular weight excluding hydrogens is 337 g/mol. The number of alkyl halides is 1. The molecule has 0 radical (unpaired) electrons. The van der Waals surface area contributed by atoms with Crippen LogP contribution in [0.15, 0.2) is 22.2 Å². The molecule has 92 valence electrons. The first-order valence-electron chi connectivity index (χ1n) is 5.12. The zero-order valence-corrected chi connectivity index (χ0v) is 12.3. The van der Waals surface area contributed by atoms with Crippen LogP contribution in [-0.2, 0) is 4.74 Å². The van der Waals surface area contributed by atoms with Crippen molar-refractivity contribution in [1.29, 1.82) is 0 Å². The van der Waals surface area contributed by atoms with Gasteiger partial charge in [-0.25, -0.2) is 0 Å². The summed E-state index contributed by atoms with van der Waals surface area (Å²) in [6.07, 6.45) is -0.285. The third kappa shape index (κ3) is 1.17. The summed E-state index contributed by atoms with van der Waals surface area (Å²) < 4.78 is 5.47. The highest BCUT2D eigenvalue weighted by Crippen LogP contribution is 2.67. The van der Waals surface area contributed by atoms with Crippen LogP contribution >= 0.6 is 58.0 Å². The molecule has 0 bridgehead atoms. The number of allylic oxidation sites excluding steroid dienone is 2. The van der Waals surface area contributed by atoms with Crippen LogP contribution in [0.1, 0.15) is 11.1 Å². The summed E-state index contributed by atoms with van der Waals surface area (Å²) >= 11 is 30.8. The van der Waals surface area contributed by atoms with E-state index in [0.717, 1.165) is 22.3 Å². The maximum absolute atomic E-state index is 6.24. The van der Waals surface area contributed by atoms with Gasteiger partial charge in [0.15, 0.2) is 0 Å². The van der Waals surface area contributed by atoms with E-state index in [2.05, 4.69) is 0 Å². The molecule has 1 saturated heterocycles. The molecule has 1 aromatic carbocycles. The Kier molecular flexibility index (Phi) is 2.25. The predicted octanol–water partition coefficient (Wildman–Crippen LogP) is 5.25. The van der Waals surface area contributed by atoms with Crippen molar-refractivity contribution in [1.82, 2.24) is 0 Å². The zero-order valence-electron chi connectivity index (χ0n) is 8.53. The van der Waals surface area contributed by atoms with E-state index in [1.807, 2.05) is 6.07 Å². The number of hydrogen-bond acceptors (Lipinski definition) is 1. The molecule has 3 aliphatic rings. The number of epoxide rings is 1. The second kappa shape index (κ2) is 3.41. The summed E-state index contributed by atoms with van der Waals surface area (Å²) in [5.74, 6) is 0. The van der Waals surface area contributed by atoms with Gasteiger partial charge in [-0.05, 0) is 11.6 Å². The fraction of sp³-hybridized carbons (Fsp3) is 0.167. The summed E-state index contributed by atoms with van der Waals surface area (Å²) in [5.41, 5.74) is 3.58. The zero-order chi connectivity index (χ0) is 12.8. The lowest BCUT2D eigenvalue weighted by Gasteiger charge is -2.31. The van der Waals surface area contributed by atoms with Crippen LogP contribution in [0.2, 0.25) is 10.0 Å². The molecule has 2 atom stereocenters. The second-order valence-corrected chi connectivity index (χ2v) is 6.45. The Morgan fingerprint density at radius 2 is 1.83 bits per heavy atom. The molecule has 1 fully saturated rings. The van der Waals surface area contributed by atoms with Gasteiger partial charge in [0.1, 0.15) is 6.10 Å². The van der Waals surface area contributed by atoms with Crippen LogP contribution in [0.3, 0.4) is 0 Å². The Morgan fingerprint density at radius 3 is 2.56 bits per heavy atom. The topological polar surface area (TPSA) is 12.5 Å². The lowest BCUT2D eigenvalue weighted by molar-refractivity contribution is 0.396. The Labute approximate surface area is 128 Å². The van der Waals surface area contributed by atoms with Gasteiger partial charge in [-0.3, -0.25) is 0 Å². The highest BCUT2D eigenvalue weighted by molar-refractivity contribution is 6.53. The predicted molar refractivity (Wildman–Crippen MR) is 75.5 cm³/mol. The molecule has 1 aromatic rings. The minimum atomic E-state index is -1.01. The van der Waals surface area contributed by atoms with Crippen molar-refractivity contribution in [3.63, 3.8) is 0 Å². The molecule has 0 N–H and O–H groups in total. The van der Waals surface area contributed by atoms with Crippen molar-refractivity contribution in [3.8, 4) is 0 Å². The van der Waals surface area contributed by atoms with Crippen molar-refractivity contribution < 1.29 is 4.74 Å². The molecule has 0 spiro atoms. The first-order valence-corrected chi connectivity index (χ1v) is 7.01. The average Bonchev–Trinajstić information content (AvgIpc) is 2.97. The van der Waals surface area contributed by atoms with E-state index in [-0.39, 0.29) is 6.10 Å². The van der Waals surface area contributed by atoms with Gasteiger partial charge < -0.3 is 4.74 Å². The maximum Gasteiger partial charge on any atom is 0.210 e. The largest absolute Gasteiger partial charge is 0.339 e. The molecule has 2 unspecified atom stereocenters. The minimum Gasteiger partial charge on any atom is -0.339 e. The number of rotatable bonds is 0. The quantitative estimate of drug-likeness (QED) is 0.464. The second-order valence-electron chi connectivity index (χ2n) is 4.34. The molecule has 18 heavy (non-hydrogen) atoms. The van der Waals surface area contributed by atoms with Crippen LogP contribution in [0.5, 0.6) is 0 Å². The Bertz CT molecular complexity index is 690. The fourth-order valence-electron chi connectivity index (χ4n) is 2.54. The molecule has 1 aliphatic heterocycles. The molecule has 0 aromatic heterocycles. The number of benzene rings is 1. The molecule has 6 heteroatoms. The molecule has 0 saturated carbocycles. The summed E-state index contributed by atoms with van der Waals surface area (Å²) in [7, 11) is 0. The van der Waals surface area contributed by atoms with Gasteiger partial charge in [-0.1, -0.05) is 64.1 Å². The molecule has 4 rings (SSSR count). The van der Waals surface area contributed by atoms with Gasteiger partial charge in [0.2, 0.25) is 5.06 Å². The SMILES string of the molecule is ClC1=C(Cl)C2(Cl)OC2C2=C1c1ccc(Cl)c(Cl)c12. The van der Waals surface area contributed by atoms with Gasteiger partial charge in [0.05, 0.1) is 20.1 Å². The minimum absolute atomic E-state index is 0.285. The maximum atomic E-state index is 6.24. The summed E-state index contributed by atoms with van der Waals surface area (Å²) in [6, 6.07) is 3.61. The Balaban J connectivity index is 2.00. The average molecular weight is 340 g/mol. The smallest absolute Gasteiger partial charge is 0.210 e. The van der Waals surface area contributed by atoms with Gasteiger partial charge >= 0.3 is 0 Å². The van der Waals surface area contributed by atoms with E-state index in [1.54, 1.807) is 6.07 Å². The fourth-order valence-corrected chi connectivity index (χ4v) is 3.88. The van der Waals surface area contributed by atoms with E-state index < -0.39 is 5.06 Å². The monoisotopic (exact) mass is 338 g/mol. The van der Waals surface area contributed by atoms with Crippen molar-refractivity contribution >= 4 is 69.2 Å².